The zero-order chi connectivity index (χ0) is 17.7. The van der Waals surface area contributed by atoms with Gasteiger partial charge in [0.15, 0.2) is 15.8 Å². The van der Waals surface area contributed by atoms with Crippen LogP contribution in [0.2, 0.25) is 0 Å². The van der Waals surface area contributed by atoms with Gasteiger partial charge < -0.3 is 15.1 Å². The summed E-state index contributed by atoms with van der Waals surface area (Å²) < 4.78 is 23.2. The standard InChI is InChI=1S/C16H28N4O3S/c1-4-19-6-7-20(11-15(19)21)16(17-9-13(2)3)18-10-14-5-8-24(22,23)12-14/h14H,2,4-12H2,1,3H3,(H,17,18). The van der Waals surface area contributed by atoms with Gasteiger partial charge in [0.1, 0.15) is 0 Å². The number of nitrogens with one attached hydrogen (secondary N) is 1. The Morgan fingerprint density at radius 2 is 2.17 bits per heavy atom. The molecular weight excluding hydrogens is 328 g/mol. The van der Waals surface area contributed by atoms with Crippen molar-refractivity contribution in [2.45, 2.75) is 20.3 Å². The van der Waals surface area contributed by atoms with Gasteiger partial charge in [0, 0.05) is 26.2 Å². The van der Waals surface area contributed by atoms with Crippen LogP contribution in [0.5, 0.6) is 0 Å². The molecule has 0 aromatic rings. The fourth-order valence-corrected chi connectivity index (χ4v) is 4.83. The van der Waals surface area contributed by atoms with Gasteiger partial charge in [-0.1, -0.05) is 12.2 Å². The molecule has 2 rings (SSSR count). The van der Waals surface area contributed by atoms with Crippen molar-refractivity contribution in [3.63, 3.8) is 0 Å². The van der Waals surface area contributed by atoms with Gasteiger partial charge in [-0.25, -0.2) is 13.4 Å². The highest BCUT2D eigenvalue weighted by Gasteiger charge is 2.29. The first-order chi connectivity index (χ1) is 11.3. The van der Waals surface area contributed by atoms with E-state index in [1.165, 1.54) is 0 Å². The number of carbonyl (C=O) groups excluding carboxylic acids is 1. The number of guanidine groups is 1. The number of piperazine rings is 1. The van der Waals surface area contributed by atoms with Crippen LogP contribution >= 0.6 is 0 Å². The molecule has 1 atom stereocenters. The monoisotopic (exact) mass is 356 g/mol. The number of nitrogens with zero attached hydrogens (tertiary/aromatic N) is 3. The van der Waals surface area contributed by atoms with Gasteiger partial charge in [0.25, 0.3) is 0 Å². The molecule has 0 aliphatic carbocycles. The predicted octanol–water partition coefficient (Wildman–Crippen LogP) is 0.107. The van der Waals surface area contributed by atoms with Gasteiger partial charge in [0.05, 0.1) is 24.6 Å². The van der Waals surface area contributed by atoms with Crippen LogP contribution in [0, 0.1) is 5.92 Å². The molecule has 0 bridgehead atoms. The summed E-state index contributed by atoms with van der Waals surface area (Å²) in [5.74, 6) is 1.38. The van der Waals surface area contributed by atoms with Crippen LogP contribution in [-0.4, -0.2) is 80.9 Å². The fourth-order valence-electron chi connectivity index (χ4n) is 2.97. The Balaban J connectivity index is 1.99. The molecule has 0 aromatic heterocycles. The van der Waals surface area contributed by atoms with Crippen LogP contribution in [0.3, 0.4) is 0 Å². The molecule has 0 saturated carbocycles. The second-order valence-corrected chi connectivity index (χ2v) is 8.87. The average Bonchev–Trinajstić information content (AvgIpc) is 2.86. The van der Waals surface area contributed by atoms with E-state index in [2.05, 4.69) is 16.9 Å². The van der Waals surface area contributed by atoms with Crippen molar-refractivity contribution >= 4 is 21.7 Å². The highest BCUT2D eigenvalue weighted by Crippen LogP contribution is 2.17. The Bertz CT molecular complexity index is 615. The van der Waals surface area contributed by atoms with Crippen LogP contribution < -0.4 is 5.32 Å². The molecule has 8 heteroatoms. The molecule has 1 N–H and O–H groups in total. The largest absolute Gasteiger partial charge is 0.356 e. The highest BCUT2D eigenvalue weighted by molar-refractivity contribution is 7.91. The molecule has 2 fully saturated rings. The Hall–Kier alpha value is -1.57. The van der Waals surface area contributed by atoms with E-state index in [9.17, 15) is 13.2 Å². The molecule has 24 heavy (non-hydrogen) atoms. The van der Waals surface area contributed by atoms with E-state index in [4.69, 9.17) is 0 Å². The van der Waals surface area contributed by atoms with Crippen LogP contribution in [-0.2, 0) is 14.6 Å². The van der Waals surface area contributed by atoms with Gasteiger partial charge in [0.2, 0.25) is 5.91 Å². The minimum Gasteiger partial charge on any atom is -0.356 e. The molecule has 0 radical (unpaired) electrons. The summed E-state index contributed by atoms with van der Waals surface area (Å²) in [6.45, 7) is 11.2. The summed E-state index contributed by atoms with van der Waals surface area (Å²) in [4.78, 5) is 20.4. The smallest absolute Gasteiger partial charge is 0.242 e. The third kappa shape index (κ3) is 5.22. The van der Waals surface area contributed by atoms with E-state index >= 15 is 0 Å². The van der Waals surface area contributed by atoms with E-state index in [1.807, 2.05) is 23.6 Å². The van der Waals surface area contributed by atoms with E-state index in [0.717, 1.165) is 18.7 Å². The van der Waals surface area contributed by atoms with Gasteiger partial charge in [-0.3, -0.25) is 4.79 Å². The molecule has 1 amide bonds. The number of sulfone groups is 1. The maximum Gasteiger partial charge on any atom is 0.242 e. The molecule has 7 nitrogen and oxygen atoms in total. The Morgan fingerprint density at radius 1 is 1.42 bits per heavy atom. The van der Waals surface area contributed by atoms with Crippen LogP contribution in [0.4, 0.5) is 0 Å². The minimum absolute atomic E-state index is 0.0945. The number of carbonyl (C=O) groups is 1. The van der Waals surface area contributed by atoms with E-state index in [0.29, 0.717) is 38.6 Å². The maximum atomic E-state index is 12.1. The Morgan fingerprint density at radius 3 is 2.71 bits per heavy atom. The summed E-state index contributed by atoms with van der Waals surface area (Å²) in [6, 6.07) is 0. The van der Waals surface area contributed by atoms with Crippen LogP contribution in [0.25, 0.3) is 0 Å². The normalized spacial score (nSPS) is 24.3. The summed E-state index contributed by atoms with van der Waals surface area (Å²) >= 11 is 0. The zero-order valence-corrected chi connectivity index (χ0v) is 15.4. The molecule has 2 saturated heterocycles. The number of aliphatic imine (C=N–C) groups is 1. The highest BCUT2D eigenvalue weighted by atomic mass is 32.2. The lowest BCUT2D eigenvalue weighted by Crippen LogP contribution is -2.55. The first kappa shape index (κ1) is 18.8. The Kier molecular flexibility index (Phi) is 6.26. The quantitative estimate of drug-likeness (QED) is 0.429. The summed E-state index contributed by atoms with van der Waals surface area (Å²) in [5, 5.41) is 3.28. The van der Waals surface area contributed by atoms with E-state index < -0.39 is 9.84 Å². The number of amides is 1. The topological polar surface area (TPSA) is 82.1 Å². The van der Waals surface area contributed by atoms with Crippen molar-refractivity contribution in [1.82, 2.24) is 15.1 Å². The molecule has 2 heterocycles. The van der Waals surface area contributed by atoms with Gasteiger partial charge >= 0.3 is 0 Å². The SMILES string of the molecule is C=C(C)CN=C(NCC1CCS(=O)(=O)C1)N1CCN(CC)C(=O)C1. The first-order valence-corrected chi connectivity index (χ1v) is 10.3. The van der Waals surface area contributed by atoms with Gasteiger partial charge in [-0.2, -0.15) is 0 Å². The lowest BCUT2D eigenvalue weighted by atomic mass is 10.1. The number of rotatable bonds is 5. The number of hydrogen-bond donors (Lipinski definition) is 1. The average molecular weight is 356 g/mol. The summed E-state index contributed by atoms with van der Waals surface area (Å²) in [7, 11) is -2.88. The van der Waals surface area contributed by atoms with E-state index in [1.54, 1.807) is 0 Å². The first-order valence-electron chi connectivity index (χ1n) is 8.46. The fraction of sp³-hybridized carbons (Fsp3) is 0.750. The van der Waals surface area contributed by atoms with Crippen LogP contribution in [0.15, 0.2) is 17.1 Å². The molecule has 2 aliphatic rings. The maximum absolute atomic E-state index is 12.1. The number of likely N-dealkylation sites (N-methyl/N-ethyl adjacent to an activating group) is 1. The summed E-state index contributed by atoms with van der Waals surface area (Å²) in [6.07, 6.45) is 0.686. The van der Waals surface area contributed by atoms with Gasteiger partial charge in [-0.05, 0) is 26.2 Å². The molecule has 2 aliphatic heterocycles. The van der Waals surface area contributed by atoms with Crippen molar-refractivity contribution in [2.75, 3.05) is 50.8 Å². The molecule has 0 aromatic carbocycles. The van der Waals surface area contributed by atoms with Crippen molar-refractivity contribution in [1.29, 1.82) is 0 Å². The molecule has 1 unspecified atom stereocenters. The van der Waals surface area contributed by atoms with Crippen molar-refractivity contribution < 1.29 is 13.2 Å². The number of hydrogen-bond acceptors (Lipinski definition) is 4. The van der Waals surface area contributed by atoms with Crippen molar-refractivity contribution in [2.24, 2.45) is 10.9 Å². The molecular formula is C16H28N4O3S. The lowest BCUT2D eigenvalue weighted by Gasteiger charge is -2.35. The second-order valence-electron chi connectivity index (χ2n) is 6.64. The third-order valence-electron chi connectivity index (χ3n) is 4.37. The predicted molar refractivity (Wildman–Crippen MR) is 95.7 cm³/mol. The molecule has 0 spiro atoms. The van der Waals surface area contributed by atoms with Gasteiger partial charge in [-0.15, -0.1) is 0 Å². The van der Waals surface area contributed by atoms with Crippen molar-refractivity contribution in [3.8, 4) is 0 Å². The third-order valence-corrected chi connectivity index (χ3v) is 6.21. The zero-order valence-electron chi connectivity index (χ0n) is 14.6. The Labute approximate surface area is 144 Å². The van der Waals surface area contributed by atoms with Crippen LogP contribution in [0.1, 0.15) is 20.3 Å². The summed E-state index contributed by atoms with van der Waals surface area (Å²) in [5.41, 5.74) is 0.941. The molecule has 136 valence electrons. The van der Waals surface area contributed by atoms with E-state index in [-0.39, 0.29) is 23.3 Å². The van der Waals surface area contributed by atoms with Crippen molar-refractivity contribution in [3.05, 3.63) is 12.2 Å². The second kappa shape index (κ2) is 8.00. The lowest BCUT2D eigenvalue weighted by molar-refractivity contribution is -0.134. The minimum atomic E-state index is -2.88.